The van der Waals surface area contributed by atoms with Crippen molar-refractivity contribution in [3.63, 3.8) is 0 Å². The zero-order chi connectivity index (χ0) is 17.7. The minimum Gasteiger partial charge on any atom is -0.355 e. The van der Waals surface area contributed by atoms with E-state index in [4.69, 9.17) is 0 Å². The molecule has 1 atom stereocenters. The summed E-state index contributed by atoms with van der Waals surface area (Å²) in [5.41, 5.74) is 1.18. The second-order valence-electron chi connectivity index (χ2n) is 5.66. The second kappa shape index (κ2) is 7.72. The number of imide groups is 1. The lowest BCUT2D eigenvalue weighted by atomic mass is 10.1. The van der Waals surface area contributed by atoms with E-state index in [9.17, 15) is 19.2 Å². The van der Waals surface area contributed by atoms with Gasteiger partial charge < -0.3 is 10.6 Å². The Labute approximate surface area is 140 Å². The molecule has 1 heterocycles. The number of carbonyl (C=O) groups excluding carboxylic acids is 4. The molecule has 1 saturated heterocycles. The highest BCUT2D eigenvalue weighted by Gasteiger charge is 2.28. The van der Waals surface area contributed by atoms with Crippen LogP contribution in [-0.4, -0.2) is 41.1 Å². The third-order valence-electron chi connectivity index (χ3n) is 3.80. The van der Waals surface area contributed by atoms with E-state index < -0.39 is 6.04 Å². The molecule has 128 valence electrons. The van der Waals surface area contributed by atoms with Crippen molar-refractivity contribution in [1.82, 2.24) is 15.5 Å². The van der Waals surface area contributed by atoms with E-state index in [0.29, 0.717) is 12.1 Å². The van der Waals surface area contributed by atoms with Gasteiger partial charge in [0, 0.05) is 24.9 Å². The third-order valence-corrected chi connectivity index (χ3v) is 3.80. The van der Waals surface area contributed by atoms with Crippen molar-refractivity contribution >= 4 is 23.6 Å². The van der Waals surface area contributed by atoms with Crippen molar-refractivity contribution < 1.29 is 19.2 Å². The van der Waals surface area contributed by atoms with Crippen LogP contribution in [0.15, 0.2) is 24.3 Å². The summed E-state index contributed by atoms with van der Waals surface area (Å²) < 4.78 is 0. The summed E-state index contributed by atoms with van der Waals surface area (Å²) in [5, 5.41) is 5.25. The third kappa shape index (κ3) is 4.18. The van der Waals surface area contributed by atoms with Crippen LogP contribution in [0.25, 0.3) is 0 Å². The number of carbonyl (C=O) groups is 4. The molecule has 7 heteroatoms. The van der Waals surface area contributed by atoms with Gasteiger partial charge in [0.05, 0.1) is 6.54 Å². The molecule has 7 nitrogen and oxygen atoms in total. The number of benzene rings is 1. The lowest BCUT2D eigenvalue weighted by molar-refractivity contribution is -0.139. The Balaban J connectivity index is 1.96. The molecule has 0 bridgehead atoms. The van der Waals surface area contributed by atoms with Gasteiger partial charge in [-0.1, -0.05) is 12.1 Å². The van der Waals surface area contributed by atoms with Crippen LogP contribution in [0.3, 0.4) is 0 Å². The van der Waals surface area contributed by atoms with Crippen LogP contribution in [0.2, 0.25) is 0 Å². The second-order valence-corrected chi connectivity index (χ2v) is 5.66. The Hall–Kier alpha value is -2.70. The molecular weight excluding hydrogens is 310 g/mol. The Bertz CT molecular complexity index is 638. The zero-order valence-electron chi connectivity index (χ0n) is 13.8. The standard InChI is InChI=1S/C17H21N3O4/c1-3-18-16(23)11(2)19-17(24)13-6-4-12(5-7-13)10-20-14(21)8-9-15(20)22/h4-7,11H,3,8-10H2,1-2H3,(H,18,23)(H,19,24). The van der Waals surface area contributed by atoms with Crippen molar-refractivity contribution in [3.8, 4) is 0 Å². The van der Waals surface area contributed by atoms with Crippen molar-refractivity contribution in [2.75, 3.05) is 6.54 Å². The van der Waals surface area contributed by atoms with Crippen molar-refractivity contribution in [3.05, 3.63) is 35.4 Å². The van der Waals surface area contributed by atoms with Gasteiger partial charge in [0.2, 0.25) is 17.7 Å². The zero-order valence-corrected chi connectivity index (χ0v) is 13.8. The fraction of sp³-hybridized carbons (Fsp3) is 0.412. The van der Waals surface area contributed by atoms with Gasteiger partial charge in [-0.3, -0.25) is 24.1 Å². The minimum atomic E-state index is -0.628. The Morgan fingerprint density at radius 3 is 2.25 bits per heavy atom. The topological polar surface area (TPSA) is 95.6 Å². The molecule has 1 aliphatic rings. The molecule has 4 amide bonds. The van der Waals surface area contributed by atoms with Gasteiger partial charge in [0.1, 0.15) is 6.04 Å². The number of rotatable bonds is 6. The smallest absolute Gasteiger partial charge is 0.251 e. The van der Waals surface area contributed by atoms with E-state index >= 15 is 0 Å². The Morgan fingerprint density at radius 1 is 1.12 bits per heavy atom. The molecule has 2 rings (SSSR count). The summed E-state index contributed by atoms with van der Waals surface area (Å²) in [7, 11) is 0. The van der Waals surface area contributed by atoms with Crippen LogP contribution in [0.4, 0.5) is 0 Å². The van der Waals surface area contributed by atoms with E-state index in [1.165, 1.54) is 4.90 Å². The molecule has 0 saturated carbocycles. The maximum atomic E-state index is 12.1. The normalized spacial score (nSPS) is 15.3. The van der Waals surface area contributed by atoms with Crippen molar-refractivity contribution in [2.45, 2.75) is 39.3 Å². The molecule has 0 aliphatic carbocycles. The molecule has 0 radical (unpaired) electrons. The summed E-state index contributed by atoms with van der Waals surface area (Å²) in [6.45, 7) is 4.14. The first-order valence-electron chi connectivity index (χ1n) is 7.93. The lowest BCUT2D eigenvalue weighted by Gasteiger charge is -2.15. The lowest BCUT2D eigenvalue weighted by Crippen LogP contribution is -2.44. The molecule has 1 unspecified atom stereocenters. The van der Waals surface area contributed by atoms with Crippen LogP contribution < -0.4 is 10.6 Å². The largest absolute Gasteiger partial charge is 0.355 e. The van der Waals surface area contributed by atoms with Crippen LogP contribution in [0.5, 0.6) is 0 Å². The molecule has 24 heavy (non-hydrogen) atoms. The minimum absolute atomic E-state index is 0.169. The van der Waals surface area contributed by atoms with Crippen LogP contribution in [0.1, 0.15) is 42.6 Å². The fourth-order valence-electron chi connectivity index (χ4n) is 2.42. The van der Waals surface area contributed by atoms with Crippen molar-refractivity contribution in [1.29, 1.82) is 0 Å². The van der Waals surface area contributed by atoms with Crippen LogP contribution in [-0.2, 0) is 20.9 Å². The first-order chi connectivity index (χ1) is 11.4. The molecule has 0 spiro atoms. The predicted octanol–water partition coefficient (Wildman–Crippen LogP) is 0.590. The first-order valence-corrected chi connectivity index (χ1v) is 7.93. The average molecular weight is 331 g/mol. The molecular formula is C17H21N3O4. The highest BCUT2D eigenvalue weighted by molar-refractivity contribution is 6.02. The number of hydrogen-bond acceptors (Lipinski definition) is 4. The van der Waals surface area contributed by atoms with Gasteiger partial charge in [-0.05, 0) is 31.5 Å². The van der Waals surface area contributed by atoms with E-state index in [-0.39, 0.29) is 43.0 Å². The van der Waals surface area contributed by atoms with Gasteiger partial charge in [-0.15, -0.1) is 0 Å². The molecule has 1 aliphatic heterocycles. The summed E-state index contributed by atoms with van der Waals surface area (Å²) in [4.78, 5) is 48.2. The van der Waals surface area contributed by atoms with Gasteiger partial charge in [0.25, 0.3) is 5.91 Å². The van der Waals surface area contributed by atoms with Gasteiger partial charge >= 0.3 is 0 Å². The average Bonchev–Trinajstić information content (AvgIpc) is 2.87. The quantitative estimate of drug-likeness (QED) is 0.746. The fourth-order valence-corrected chi connectivity index (χ4v) is 2.42. The van der Waals surface area contributed by atoms with E-state index in [1.54, 1.807) is 38.1 Å². The Morgan fingerprint density at radius 2 is 1.71 bits per heavy atom. The van der Waals surface area contributed by atoms with E-state index in [0.717, 1.165) is 5.56 Å². The number of likely N-dealkylation sites (N-methyl/N-ethyl adjacent to an activating group) is 1. The van der Waals surface area contributed by atoms with Crippen LogP contribution >= 0.6 is 0 Å². The maximum absolute atomic E-state index is 12.1. The highest BCUT2D eigenvalue weighted by atomic mass is 16.2. The van der Waals surface area contributed by atoms with Gasteiger partial charge in [0.15, 0.2) is 0 Å². The van der Waals surface area contributed by atoms with Crippen LogP contribution in [0, 0.1) is 0 Å². The van der Waals surface area contributed by atoms with E-state index in [2.05, 4.69) is 10.6 Å². The Kier molecular flexibility index (Phi) is 5.68. The summed E-state index contributed by atoms with van der Waals surface area (Å²) >= 11 is 0. The highest BCUT2D eigenvalue weighted by Crippen LogP contribution is 2.16. The van der Waals surface area contributed by atoms with Crippen molar-refractivity contribution in [2.24, 2.45) is 0 Å². The predicted molar refractivity (Wildman–Crippen MR) is 86.8 cm³/mol. The molecule has 0 aromatic heterocycles. The SMILES string of the molecule is CCNC(=O)C(C)NC(=O)c1ccc(CN2C(=O)CCC2=O)cc1. The van der Waals surface area contributed by atoms with E-state index in [1.807, 2.05) is 0 Å². The summed E-state index contributed by atoms with van der Waals surface area (Å²) in [5.74, 6) is -0.933. The number of nitrogens with zero attached hydrogens (tertiary/aromatic N) is 1. The van der Waals surface area contributed by atoms with Gasteiger partial charge in [-0.25, -0.2) is 0 Å². The molecule has 1 fully saturated rings. The molecule has 1 aromatic carbocycles. The number of amides is 4. The number of nitrogens with one attached hydrogen (secondary N) is 2. The first kappa shape index (κ1) is 17.7. The number of likely N-dealkylation sites (tertiary alicyclic amines) is 1. The maximum Gasteiger partial charge on any atom is 0.251 e. The molecule has 2 N–H and O–H groups in total. The van der Waals surface area contributed by atoms with Gasteiger partial charge in [-0.2, -0.15) is 0 Å². The number of hydrogen-bond donors (Lipinski definition) is 2. The molecule has 1 aromatic rings. The monoisotopic (exact) mass is 331 g/mol. The summed E-state index contributed by atoms with van der Waals surface area (Å²) in [6.07, 6.45) is 0.522. The summed E-state index contributed by atoms with van der Waals surface area (Å²) in [6, 6.07) is 5.99.